The van der Waals surface area contributed by atoms with E-state index in [1.165, 1.54) is 19.6 Å². The van der Waals surface area contributed by atoms with Gasteiger partial charge in [-0.1, -0.05) is 0 Å². The van der Waals surface area contributed by atoms with Gasteiger partial charge in [-0.15, -0.1) is 0 Å². The Labute approximate surface area is 135 Å². The van der Waals surface area contributed by atoms with Crippen LogP contribution >= 0.6 is 7.82 Å². The highest BCUT2D eigenvalue weighted by molar-refractivity contribution is 7.45. The summed E-state index contributed by atoms with van der Waals surface area (Å²) in [6.45, 7) is 1.52. The molecule has 3 heterocycles. The number of anilines is 1. The van der Waals surface area contributed by atoms with Crippen LogP contribution in [0.1, 0.15) is 17.3 Å². The number of hydrogen-bond donors (Lipinski definition) is 5. The number of imidazole rings is 1. The quantitative estimate of drug-likeness (QED) is 0.300. The van der Waals surface area contributed by atoms with E-state index in [1.807, 2.05) is 0 Å². The number of aromatic nitrogens is 5. The van der Waals surface area contributed by atoms with E-state index in [9.17, 15) is 4.79 Å². The number of hydrogen-bond acceptors (Lipinski definition) is 7. The van der Waals surface area contributed by atoms with Gasteiger partial charge >= 0.3 is 7.82 Å². The Morgan fingerprint density at radius 3 is 2.38 bits per heavy atom. The Balaban J connectivity index is 0.000000192. The summed E-state index contributed by atoms with van der Waals surface area (Å²) < 4.78 is 8.88. The normalized spacial score (nSPS) is 10.2. The number of ketones is 1. The molecule has 0 amide bonds. The van der Waals surface area contributed by atoms with Crippen molar-refractivity contribution in [3.63, 3.8) is 0 Å². The fraction of sp³-hybridized carbons (Fsp3) is 0.0833. The lowest BCUT2D eigenvalue weighted by molar-refractivity contribution is 0.101. The van der Waals surface area contributed by atoms with Gasteiger partial charge in [-0.25, -0.2) is 19.5 Å². The number of nitrogen functional groups attached to an aromatic ring is 1. The number of Topliss-reactive ketones (excluding diaryl/α,β-unsaturated/α-hetero) is 1. The molecule has 0 fully saturated rings. The fourth-order valence-corrected chi connectivity index (χ4v) is 1.35. The van der Waals surface area contributed by atoms with Crippen molar-refractivity contribution in [2.24, 2.45) is 0 Å². The molecule has 0 saturated carbocycles. The maximum absolute atomic E-state index is 10.6. The smallest absolute Gasteiger partial charge is 0.382 e. The first-order valence-corrected chi connectivity index (χ1v) is 7.84. The molecule has 0 unspecified atom stereocenters. The molecule has 0 radical (unpaired) electrons. The second kappa shape index (κ2) is 8.79. The van der Waals surface area contributed by atoms with Gasteiger partial charge in [0.1, 0.15) is 11.8 Å². The van der Waals surface area contributed by atoms with Crippen LogP contribution in [0.25, 0.3) is 11.2 Å². The second-order valence-electron chi connectivity index (χ2n) is 4.17. The molecule has 0 spiro atoms. The molecule has 12 heteroatoms. The fourth-order valence-electron chi connectivity index (χ4n) is 1.35. The molecule has 128 valence electrons. The van der Waals surface area contributed by atoms with Gasteiger partial charge in [-0.05, 0) is 19.1 Å². The number of aromatic amines is 1. The standard InChI is InChI=1S/C7H7NO.C5H5N5.H3O4P/c1-6(9)7-3-2-4-8-5-7;6-4-3-5(9-1-7-3)10-2-8-4;1-5(2,3)4/h2-5H,1H3;1-2H,(H3,6,7,8,9,10);(H3,1,2,3,4). The van der Waals surface area contributed by atoms with Gasteiger partial charge in [0.05, 0.1) is 6.33 Å². The number of carbonyl (C=O) groups excluding carboxylic acids is 1. The lowest BCUT2D eigenvalue weighted by Crippen LogP contribution is -1.91. The highest BCUT2D eigenvalue weighted by Crippen LogP contribution is 2.25. The minimum Gasteiger partial charge on any atom is -0.382 e. The van der Waals surface area contributed by atoms with Crippen LogP contribution in [-0.2, 0) is 4.57 Å². The van der Waals surface area contributed by atoms with Crippen LogP contribution < -0.4 is 5.73 Å². The number of fused-ring (bicyclic) bond motifs is 1. The molecule has 24 heavy (non-hydrogen) atoms. The van der Waals surface area contributed by atoms with Gasteiger partial charge < -0.3 is 25.4 Å². The van der Waals surface area contributed by atoms with Crippen LogP contribution in [-0.4, -0.2) is 45.4 Å². The van der Waals surface area contributed by atoms with E-state index in [0.717, 1.165) is 0 Å². The minimum absolute atomic E-state index is 0.0584. The summed E-state index contributed by atoms with van der Waals surface area (Å²) in [6, 6.07) is 3.49. The minimum atomic E-state index is -4.64. The third kappa shape index (κ3) is 7.51. The molecule has 0 aromatic carbocycles. The maximum Gasteiger partial charge on any atom is 0.466 e. The lowest BCUT2D eigenvalue weighted by Gasteiger charge is -1.88. The topological polar surface area (TPSA) is 188 Å². The van der Waals surface area contributed by atoms with Crippen LogP contribution in [0.5, 0.6) is 0 Å². The zero-order valence-corrected chi connectivity index (χ0v) is 13.3. The van der Waals surface area contributed by atoms with E-state index in [0.29, 0.717) is 22.5 Å². The van der Waals surface area contributed by atoms with Crippen molar-refractivity contribution < 1.29 is 24.0 Å². The van der Waals surface area contributed by atoms with Gasteiger partial charge in [0.15, 0.2) is 17.2 Å². The summed E-state index contributed by atoms with van der Waals surface area (Å²) in [5, 5.41) is 0. The van der Waals surface area contributed by atoms with Crippen molar-refractivity contribution in [3.8, 4) is 0 Å². The van der Waals surface area contributed by atoms with Crippen molar-refractivity contribution in [3.05, 3.63) is 42.7 Å². The molecule has 3 aromatic rings. The molecule has 0 aliphatic heterocycles. The molecular weight excluding hydrogens is 339 g/mol. The Kier molecular flexibility index (Phi) is 7.08. The van der Waals surface area contributed by atoms with E-state index >= 15 is 0 Å². The van der Waals surface area contributed by atoms with Gasteiger partial charge in [-0.3, -0.25) is 9.78 Å². The average Bonchev–Trinajstić information content (AvgIpc) is 2.97. The lowest BCUT2D eigenvalue weighted by atomic mass is 10.2. The maximum atomic E-state index is 10.6. The number of carbonyl (C=O) groups is 1. The Hall–Kier alpha value is -2.72. The number of nitrogens with one attached hydrogen (secondary N) is 1. The monoisotopic (exact) mass is 354 g/mol. The zero-order chi connectivity index (χ0) is 18.2. The van der Waals surface area contributed by atoms with Crippen molar-refractivity contribution >= 4 is 30.6 Å². The molecule has 11 nitrogen and oxygen atoms in total. The van der Waals surface area contributed by atoms with Crippen LogP contribution in [0.15, 0.2) is 37.2 Å². The van der Waals surface area contributed by atoms with E-state index in [-0.39, 0.29) is 5.78 Å². The van der Waals surface area contributed by atoms with Crippen molar-refractivity contribution in [1.29, 1.82) is 0 Å². The first-order chi connectivity index (χ1) is 11.2. The van der Waals surface area contributed by atoms with Crippen LogP contribution in [0.4, 0.5) is 5.82 Å². The van der Waals surface area contributed by atoms with Gasteiger partial charge in [0, 0.05) is 18.0 Å². The Morgan fingerprint density at radius 2 is 1.92 bits per heavy atom. The highest BCUT2D eigenvalue weighted by atomic mass is 31.2. The predicted molar refractivity (Wildman–Crippen MR) is 84.6 cm³/mol. The molecular formula is C12H15N6O5P. The second-order valence-corrected chi connectivity index (χ2v) is 5.20. The summed E-state index contributed by atoms with van der Waals surface area (Å²) in [7, 11) is -4.64. The van der Waals surface area contributed by atoms with Crippen molar-refractivity contribution in [2.45, 2.75) is 6.92 Å². The largest absolute Gasteiger partial charge is 0.466 e. The number of nitrogens with two attached hydrogens (primary N) is 1. The molecule has 6 N–H and O–H groups in total. The SMILES string of the molecule is CC(=O)c1cccnc1.Nc1ncnc2[nH]cnc12.O=P(O)(O)O. The molecule has 0 saturated heterocycles. The predicted octanol–water partition coefficient (Wildman–Crippen LogP) is 0.291. The van der Waals surface area contributed by atoms with Crippen LogP contribution in [0, 0.1) is 0 Å². The summed E-state index contributed by atoms with van der Waals surface area (Å²) in [4.78, 5) is 50.3. The summed E-state index contributed by atoms with van der Waals surface area (Å²) in [5.41, 5.74) is 7.43. The van der Waals surface area contributed by atoms with Gasteiger partial charge in [0.2, 0.25) is 0 Å². The van der Waals surface area contributed by atoms with E-state index < -0.39 is 7.82 Å². The van der Waals surface area contributed by atoms with E-state index in [2.05, 4.69) is 24.9 Å². The summed E-state index contributed by atoms with van der Waals surface area (Å²) >= 11 is 0. The highest BCUT2D eigenvalue weighted by Gasteiger charge is 2.00. The number of phosphoric acid groups is 1. The van der Waals surface area contributed by atoms with Crippen LogP contribution in [0.3, 0.4) is 0 Å². The first-order valence-electron chi connectivity index (χ1n) is 6.27. The van der Waals surface area contributed by atoms with Gasteiger partial charge in [-0.2, -0.15) is 0 Å². The number of pyridine rings is 1. The zero-order valence-electron chi connectivity index (χ0n) is 12.4. The molecule has 0 atom stereocenters. The number of H-pyrrole nitrogens is 1. The van der Waals surface area contributed by atoms with Crippen LogP contribution in [0.2, 0.25) is 0 Å². The first kappa shape index (κ1) is 19.3. The van der Waals surface area contributed by atoms with Crippen molar-refractivity contribution in [2.75, 3.05) is 5.73 Å². The number of nitrogens with zero attached hydrogens (tertiary/aromatic N) is 4. The third-order valence-electron chi connectivity index (χ3n) is 2.31. The molecule has 3 rings (SSSR count). The Morgan fingerprint density at radius 1 is 1.25 bits per heavy atom. The molecule has 0 bridgehead atoms. The molecule has 3 aromatic heterocycles. The van der Waals surface area contributed by atoms with E-state index in [1.54, 1.807) is 24.5 Å². The molecule has 0 aliphatic carbocycles. The van der Waals surface area contributed by atoms with Crippen molar-refractivity contribution in [1.82, 2.24) is 24.9 Å². The molecule has 0 aliphatic rings. The summed E-state index contributed by atoms with van der Waals surface area (Å²) in [6.07, 6.45) is 6.14. The summed E-state index contributed by atoms with van der Waals surface area (Å²) in [5.74, 6) is 0.467. The van der Waals surface area contributed by atoms with Gasteiger partial charge in [0.25, 0.3) is 0 Å². The number of rotatable bonds is 1. The Bertz CT molecular complexity index is 826. The average molecular weight is 354 g/mol. The van der Waals surface area contributed by atoms with E-state index in [4.69, 9.17) is 25.0 Å². The third-order valence-corrected chi connectivity index (χ3v) is 2.31.